The fourth-order valence-electron chi connectivity index (χ4n) is 3.67. The number of hydrogen-bond donors (Lipinski definition) is 0. The SMILES string of the molecule is CCc1cc(=O)n(CC(=O)N2CCCC[C@@H]2CC)c(-c2ccccc2)n1. The van der Waals surface area contributed by atoms with Crippen LogP contribution in [0, 0.1) is 0 Å². The highest BCUT2D eigenvalue weighted by Crippen LogP contribution is 2.21. The van der Waals surface area contributed by atoms with Crippen molar-refractivity contribution in [3.05, 3.63) is 52.4 Å². The van der Waals surface area contributed by atoms with E-state index in [0.717, 1.165) is 37.1 Å². The molecule has 5 nitrogen and oxygen atoms in total. The Morgan fingerprint density at radius 2 is 1.96 bits per heavy atom. The molecular formula is C21H27N3O2. The average molecular weight is 353 g/mol. The van der Waals surface area contributed by atoms with Crippen molar-refractivity contribution in [1.29, 1.82) is 0 Å². The number of nitrogens with zero attached hydrogens (tertiary/aromatic N) is 3. The summed E-state index contributed by atoms with van der Waals surface area (Å²) in [7, 11) is 0. The Morgan fingerprint density at radius 1 is 1.19 bits per heavy atom. The summed E-state index contributed by atoms with van der Waals surface area (Å²) in [5, 5.41) is 0. The minimum atomic E-state index is -0.158. The number of rotatable bonds is 5. The maximum Gasteiger partial charge on any atom is 0.254 e. The molecule has 1 aliphatic rings. The molecular weight excluding hydrogens is 326 g/mol. The molecule has 26 heavy (non-hydrogen) atoms. The quantitative estimate of drug-likeness (QED) is 0.829. The first-order chi connectivity index (χ1) is 12.6. The Kier molecular flexibility index (Phi) is 5.86. The minimum absolute atomic E-state index is 0.0156. The van der Waals surface area contributed by atoms with Crippen molar-refractivity contribution in [3.63, 3.8) is 0 Å². The zero-order chi connectivity index (χ0) is 18.5. The Balaban J connectivity index is 1.96. The lowest BCUT2D eigenvalue weighted by atomic mass is 10.00. The van der Waals surface area contributed by atoms with Gasteiger partial charge in [0.1, 0.15) is 12.4 Å². The second-order valence-electron chi connectivity index (χ2n) is 6.86. The van der Waals surface area contributed by atoms with Gasteiger partial charge in [0, 0.05) is 29.9 Å². The summed E-state index contributed by atoms with van der Waals surface area (Å²) in [6, 6.07) is 11.5. The van der Waals surface area contributed by atoms with Gasteiger partial charge in [0.15, 0.2) is 0 Å². The van der Waals surface area contributed by atoms with Crippen LogP contribution >= 0.6 is 0 Å². The van der Waals surface area contributed by atoms with Crippen LogP contribution in [0.5, 0.6) is 0 Å². The van der Waals surface area contributed by atoms with E-state index in [1.807, 2.05) is 42.2 Å². The second-order valence-corrected chi connectivity index (χ2v) is 6.86. The van der Waals surface area contributed by atoms with Crippen LogP contribution in [-0.2, 0) is 17.8 Å². The second kappa shape index (κ2) is 8.30. The van der Waals surface area contributed by atoms with E-state index in [9.17, 15) is 9.59 Å². The first-order valence-corrected chi connectivity index (χ1v) is 9.59. The van der Waals surface area contributed by atoms with Gasteiger partial charge in [-0.2, -0.15) is 0 Å². The smallest absolute Gasteiger partial charge is 0.254 e. The van der Waals surface area contributed by atoms with E-state index < -0.39 is 0 Å². The zero-order valence-corrected chi connectivity index (χ0v) is 15.6. The molecule has 0 unspecified atom stereocenters. The first-order valence-electron chi connectivity index (χ1n) is 9.59. The highest BCUT2D eigenvalue weighted by Gasteiger charge is 2.26. The molecule has 1 fully saturated rings. The van der Waals surface area contributed by atoms with Gasteiger partial charge in [-0.25, -0.2) is 4.98 Å². The van der Waals surface area contributed by atoms with Crippen molar-refractivity contribution in [2.75, 3.05) is 6.54 Å². The number of hydrogen-bond acceptors (Lipinski definition) is 3. The lowest BCUT2D eigenvalue weighted by Crippen LogP contribution is -2.46. The summed E-state index contributed by atoms with van der Waals surface area (Å²) < 4.78 is 1.53. The molecule has 1 aromatic carbocycles. The highest BCUT2D eigenvalue weighted by atomic mass is 16.2. The van der Waals surface area contributed by atoms with E-state index in [0.29, 0.717) is 12.2 Å². The van der Waals surface area contributed by atoms with E-state index in [2.05, 4.69) is 11.9 Å². The van der Waals surface area contributed by atoms with Crippen LogP contribution < -0.4 is 5.56 Å². The number of carbonyl (C=O) groups excluding carboxylic acids is 1. The molecule has 0 radical (unpaired) electrons. The van der Waals surface area contributed by atoms with Gasteiger partial charge in [0.25, 0.3) is 5.56 Å². The van der Waals surface area contributed by atoms with Gasteiger partial charge in [0.2, 0.25) is 5.91 Å². The van der Waals surface area contributed by atoms with Gasteiger partial charge >= 0.3 is 0 Å². The minimum Gasteiger partial charge on any atom is -0.338 e. The third kappa shape index (κ3) is 3.87. The molecule has 0 N–H and O–H groups in total. The Bertz CT molecular complexity index is 814. The number of amides is 1. The Labute approximate surface area is 154 Å². The van der Waals surface area contributed by atoms with E-state index in [1.54, 1.807) is 6.07 Å². The van der Waals surface area contributed by atoms with Crippen molar-refractivity contribution >= 4 is 5.91 Å². The fraction of sp³-hybridized carbons (Fsp3) is 0.476. The molecule has 3 rings (SSSR count). The van der Waals surface area contributed by atoms with Gasteiger partial charge < -0.3 is 4.90 Å². The number of likely N-dealkylation sites (tertiary alicyclic amines) is 1. The predicted octanol–water partition coefficient (Wildman–Crippen LogP) is 3.26. The van der Waals surface area contributed by atoms with Crippen LogP contribution in [0.25, 0.3) is 11.4 Å². The van der Waals surface area contributed by atoms with Crippen LogP contribution in [0.1, 0.15) is 45.2 Å². The van der Waals surface area contributed by atoms with E-state index in [4.69, 9.17) is 0 Å². The predicted molar refractivity (Wildman–Crippen MR) is 103 cm³/mol. The number of aromatic nitrogens is 2. The first kappa shape index (κ1) is 18.4. The summed E-state index contributed by atoms with van der Waals surface area (Å²) >= 11 is 0. The number of piperidine rings is 1. The van der Waals surface area contributed by atoms with E-state index in [-0.39, 0.29) is 24.1 Å². The molecule has 2 heterocycles. The van der Waals surface area contributed by atoms with Crippen molar-refractivity contribution in [2.24, 2.45) is 0 Å². The molecule has 1 aromatic heterocycles. The lowest BCUT2D eigenvalue weighted by molar-refractivity contribution is -0.135. The highest BCUT2D eigenvalue weighted by molar-refractivity contribution is 5.77. The standard InChI is InChI=1S/C21H27N3O2/c1-3-17-14-19(25)24(21(22-17)16-10-6-5-7-11-16)15-20(26)23-13-9-8-12-18(23)4-2/h5-7,10-11,14,18H,3-4,8-9,12-13,15H2,1-2H3/t18-/m0/s1. The molecule has 0 spiro atoms. The normalized spacial score (nSPS) is 17.3. The van der Waals surface area contributed by atoms with Crippen LogP contribution in [0.3, 0.4) is 0 Å². The van der Waals surface area contributed by atoms with Gasteiger partial charge in [0.05, 0.1) is 0 Å². The summed E-state index contributed by atoms with van der Waals surface area (Å²) in [5.41, 5.74) is 1.45. The summed E-state index contributed by atoms with van der Waals surface area (Å²) in [6.45, 7) is 4.94. The van der Waals surface area contributed by atoms with Crippen LogP contribution in [0.15, 0.2) is 41.2 Å². The van der Waals surface area contributed by atoms with Gasteiger partial charge in [-0.15, -0.1) is 0 Å². The molecule has 0 saturated carbocycles. The fourth-order valence-corrected chi connectivity index (χ4v) is 3.67. The molecule has 1 atom stereocenters. The van der Waals surface area contributed by atoms with Crippen LogP contribution in [0.2, 0.25) is 0 Å². The van der Waals surface area contributed by atoms with Crippen molar-refractivity contribution in [1.82, 2.24) is 14.5 Å². The average Bonchev–Trinajstić information content (AvgIpc) is 2.69. The molecule has 0 bridgehead atoms. The Morgan fingerprint density at radius 3 is 2.65 bits per heavy atom. The molecule has 138 valence electrons. The zero-order valence-electron chi connectivity index (χ0n) is 15.6. The van der Waals surface area contributed by atoms with E-state index >= 15 is 0 Å². The maximum absolute atomic E-state index is 13.0. The summed E-state index contributed by atoms with van der Waals surface area (Å²) in [4.78, 5) is 32.3. The monoisotopic (exact) mass is 353 g/mol. The third-order valence-corrected chi connectivity index (χ3v) is 5.17. The van der Waals surface area contributed by atoms with Gasteiger partial charge in [-0.3, -0.25) is 14.2 Å². The van der Waals surface area contributed by atoms with Crippen molar-refractivity contribution in [2.45, 2.75) is 58.5 Å². The molecule has 1 aliphatic heterocycles. The van der Waals surface area contributed by atoms with Gasteiger partial charge in [-0.05, 0) is 32.1 Å². The Hall–Kier alpha value is -2.43. The topological polar surface area (TPSA) is 55.2 Å². The molecule has 1 saturated heterocycles. The number of benzene rings is 1. The summed E-state index contributed by atoms with van der Waals surface area (Å²) in [5.74, 6) is 0.593. The molecule has 1 amide bonds. The summed E-state index contributed by atoms with van der Waals surface area (Å²) in [6.07, 6.45) is 4.91. The third-order valence-electron chi connectivity index (χ3n) is 5.17. The largest absolute Gasteiger partial charge is 0.338 e. The van der Waals surface area contributed by atoms with Gasteiger partial charge in [-0.1, -0.05) is 44.2 Å². The maximum atomic E-state index is 13.0. The van der Waals surface area contributed by atoms with Crippen molar-refractivity contribution in [3.8, 4) is 11.4 Å². The molecule has 2 aromatic rings. The number of aryl methyl sites for hydroxylation is 1. The lowest BCUT2D eigenvalue weighted by Gasteiger charge is -2.35. The molecule has 5 heteroatoms. The van der Waals surface area contributed by atoms with E-state index in [1.165, 1.54) is 11.0 Å². The van der Waals surface area contributed by atoms with Crippen LogP contribution in [-0.4, -0.2) is 32.9 Å². The van der Waals surface area contributed by atoms with Crippen LogP contribution in [0.4, 0.5) is 0 Å². The molecule has 0 aliphatic carbocycles. The van der Waals surface area contributed by atoms with Crippen molar-refractivity contribution < 1.29 is 4.79 Å². The number of carbonyl (C=O) groups is 1.